The van der Waals surface area contributed by atoms with Crippen LogP contribution >= 0.6 is 0 Å². The molecule has 0 aliphatic rings. The van der Waals surface area contributed by atoms with Gasteiger partial charge in [-0.25, -0.2) is 0 Å². The highest BCUT2D eigenvalue weighted by Crippen LogP contribution is 2.06. The number of hydrogen-bond acceptors (Lipinski definition) is 6. The molecule has 0 heterocycles. The summed E-state index contributed by atoms with van der Waals surface area (Å²) >= 11 is 0. The lowest BCUT2D eigenvalue weighted by Crippen LogP contribution is -2.32. The molecule has 0 aliphatic carbocycles. The molecule has 0 radical (unpaired) electrons. The fourth-order valence-electron chi connectivity index (χ4n) is 0.404. The van der Waals surface area contributed by atoms with Crippen LogP contribution in [0.15, 0.2) is 12.2 Å². The summed E-state index contributed by atoms with van der Waals surface area (Å²) in [7, 11) is 0. The first kappa shape index (κ1) is 10.5. The minimum absolute atomic E-state index is 0.870. The van der Waals surface area contributed by atoms with Crippen LogP contribution in [0, 0.1) is 20.2 Å². The molecule has 8 heteroatoms. The van der Waals surface area contributed by atoms with E-state index in [-0.39, 0.29) is 0 Å². The molecule has 0 fully saturated rings. The van der Waals surface area contributed by atoms with Crippen molar-refractivity contribution in [2.45, 2.75) is 12.5 Å². The summed E-state index contributed by atoms with van der Waals surface area (Å²) < 4.78 is 0. The van der Waals surface area contributed by atoms with Gasteiger partial charge in [0.25, 0.3) is 0 Å². The van der Waals surface area contributed by atoms with Crippen molar-refractivity contribution in [1.82, 2.24) is 0 Å². The summed E-state index contributed by atoms with van der Waals surface area (Å²) in [5.41, 5.74) is -0.870. The maximum Gasteiger partial charge on any atom is 0.344 e. The molecule has 0 amide bonds. The first-order chi connectivity index (χ1) is 5.37. The number of nitro groups is 2. The van der Waals surface area contributed by atoms with E-state index in [1.54, 1.807) is 0 Å². The molecule has 0 aromatic carbocycles. The normalized spacial score (nSPS) is 14.8. The Hall–Kier alpha value is -1.54. The second-order valence-electron chi connectivity index (χ2n) is 1.89. The largest absolute Gasteiger partial charge is 0.344 e. The first-order valence-corrected chi connectivity index (χ1v) is 2.69. The quantitative estimate of drug-likeness (QED) is 0.239. The lowest BCUT2D eigenvalue weighted by atomic mass is 10.2. The van der Waals surface area contributed by atoms with Crippen LogP contribution in [0.4, 0.5) is 0 Å². The number of aliphatic hydroxyl groups excluding tert-OH is 2. The third-order valence-corrected chi connectivity index (χ3v) is 1.06. The lowest BCUT2D eigenvalue weighted by Gasteiger charge is -2.05. The zero-order valence-corrected chi connectivity index (χ0v) is 5.78. The van der Waals surface area contributed by atoms with Crippen LogP contribution in [0.2, 0.25) is 0 Å². The number of nitrogens with zero attached hydrogens (tertiary/aromatic N) is 2. The van der Waals surface area contributed by atoms with Crippen molar-refractivity contribution in [2.24, 2.45) is 0 Å². The molecule has 8 nitrogen and oxygen atoms in total. The topological polar surface area (TPSA) is 127 Å². The van der Waals surface area contributed by atoms with E-state index < -0.39 is 27.9 Å². The van der Waals surface area contributed by atoms with Crippen molar-refractivity contribution in [3.05, 3.63) is 32.4 Å². The van der Waals surface area contributed by atoms with Gasteiger partial charge >= 0.3 is 12.5 Å². The number of aliphatic hydroxyl groups is 2. The molecule has 2 atom stereocenters. The molecule has 2 N–H and O–H groups in total. The Balaban J connectivity index is 4.39. The van der Waals surface area contributed by atoms with Crippen molar-refractivity contribution in [1.29, 1.82) is 0 Å². The van der Waals surface area contributed by atoms with Gasteiger partial charge < -0.3 is 10.2 Å². The van der Waals surface area contributed by atoms with Crippen LogP contribution in [-0.2, 0) is 0 Å². The van der Waals surface area contributed by atoms with Gasteiger partial charge in [0.2, 0.25) is 0 Å². The van der Waals surface area contributed by atoms with Crippen molar-refractivity contribution in [3.63, 3.8) is 0 Å². The Bertz CT molecular complexity index is 204. The van der Waals surface area contributed by atoms with Crippen LogP contribution in [0.1, 0.15) is 0 Å². The highest BCUT2D eigenvalue weighted by molar-refractivity contribution is 4.99. The maximum absolute atomic E-state index is 9.83. The maximum atomic E-state index is 9.83. The van der Waals surface area contributed by atoms with E-state index in [1.807, 2.05) is 0 Å². The Morgan fingerprint density at radius 1 is 1.17 bits per heavy atom. The monoisotopic (exact) mass is 178 g/mol. The molecule has 0 saturated carbocycles. The van der Waals surface area contributed by atoms with Crippen LogP contribution in [-0.4, -0.2) is 32.5 Å². The predicted molar refractivity (Wildman–Crippen MR) is 35.1 cm³/mol. The van der Waals surface area contributed by atoms with E-state index in [9.17, 15) is 20.2 Å². The third-order valence-electron chi connectivity index (χ3n) is 1.06. The second kappa shape index (κ2) is 3.74. The average Bonchev–Trinajstić information content (AvgIpc) is 2.00. The summed E-state index contributed by atoms with van der Waals surface area (Å²) in [5, 5.41) is 36.8. The first-order valence-electron chi connectivity index (χ1n) is 2.69. The fourth-order valence-corrected chi connectivity index (χ4v) is 0.404. The van der Waals surface area contributed by atoms with Gasteiger partial charge in [0, 0.05) is 0 Å². The van der Waals surface area contributed by atoms with Gasteiger partial charge in [0.1, 0.15) is 5.57 Å². The van der Waals surface area contributed by atoms with Gasteiger partial charge in [0.15, 0.2) is 0 Å². The average molecular weight is 178 g/mol. The lowest BCUT2D eigenvalue weighted by molar-refractivity contribution is -0.591. The fraction of sp³-hybridized carbons (Fsp3) is 0.500. The molecule has 0 spiro atoms. The highest BCUT2D eigenvalue weighted by atomic mass is 16.7. The summed E-state index contributed by atoms with van der Waals surface area (Å²) in [4.78, 5) is 17.3. The highest BCUT2D eigenvalue weighted by Gasteiger charge is 2.33. The zero-order chi connectivity index (χ0) is 9.89. The molecule has 68 valence electrons. The van der Waals surface area contributed by atoms with Crippen LogP contribution < -0.4 is 0 Å². The zero-order valence-electron chi connectivity index (χ0n) is 5.78. The Morgan fingerprint density at radius 2 is 1.42 bits per heavy atom. The third kappa shape index (κ3) is 2.25. The minimum Gasteiger partial charge on any atom is -0.329 e. The summed E-state index contributed by atoms with van der Waals surface area (Å²) in [6, 6.07) is 0. The molecule has 12 heavy (non-hydrogen) atoms. The van der Waals surface area contributed by atoms with Crippen molar-refractivity contribution >= 4 is 0 Å². The van der Waals surface area contributed by atoms with E-state index in [4.69, 9.17) is 10.2 Å². The van der Waals surface area contributed by atoms with Gasteiger partial charge in [-0.2, -0.15) is 0 Å². The number of rotatable bonds is 4. The Kier molecular flexibility index (Phi) is 3.26. The summed E-state index contributed by atoms with van der Waals surface area (Å²) in [5.74, 6) is 0. The van der Waals surface area contributed by atoms with E-state index in [0.29, 0.717) is 0 Å². The molecule has 0 rings (SSSR count). The van der Waals surface area contributed by atoms with Gasteiger partial charge in [0.05, 0.1) is 9.85 Å². The van der Waals surface area contributed by atoms with Gasteiger partial charge in [-0.3, -0.25) is 20.2 Å². The SMILES string of the molecule is C=C(C(O)[N+](=O)[O-])C(O)[N+](=O)[O-]. The van der Waals surface area contributed by atoms with E-state index in [0.717, 1.165) is 0 Å². The van der Waals surface area contributed by atoms with Crippen LogP contribution in [0.25, 0.3) is 0 Å². The molecular formula is C4H6N2O6. The minimum atomic E-state index is -2.31. The van der Waals surface area contributed by atoms with Gasteiger partial charge in [-0.05, 0) is 0 Å². The molecular weight excluding hydrogens is 172 g/mol. The Morgan fingerprint density at radius 3 is 1.58 bits per heavy atom. The van der Waals surface area contributed by atoms with Crippen molar-refractivity contribution in [3.8, 4) is 0 Å². The smallest absolute Gasteiger partial charge is 0.329 e. The van der Waals surface area contributed by atoms with Gasteiger partial charge in [-0.1, -0.05) is 6.58 Å². The molecule has 0 aromatic heterocycles. The molecule has 0 aliphatic heterocycles. The van der Waals surface area contributed by atoms with Crippen molar-refractivity contribution in [2.75, 3.05) is 0 Å². The molecule has 0 aromatic rings. The molecule has 2 unspecified atom stereocenters. The van der Waals surface area contributed by atoms with Gasteiger partial charge in [-0.15, -0.1) is 0 Å². The summed E-state index contributed by atoms with van der Waals surface area (Å²) in [6.45, 7) is 2.81. The van der Waals surface area contributed by atoms with E-state index in [1.165, 1.54) is 0 Å². The predicted octanol–water partition coefficient (Wildman–Crippen LogP) is -1.27. The van der Waals surface area contributed by atoms with Crippen LogP contribution in [0.3, 0.4) is 0 Å². The summed E-state index contributed by atoms with van der Waals surface area (Å²) in [6.07, 6.45) is -4.63. The molecule has 0 bridgehead atoms. The van der Waals surface area contributed by atoms with Crippen molar-refractivity contribution < 1.29 is 20.1 Å². The second-order valence-corrected chi connectivity index (χ2v) is 1.89. The molecule has 0 saturated heterocycles. The number of hydrogen-bond donors (Lipinski definition) is 2. The van der Waals surface area contributed by atoms with E-state index in [2.05, 4.69) is 6.58 Å². The van der Waals surface area contributed by atoms with Crippen LogP contribution in [0.5, 0.6) is 0 Å². The Labute approximate surface area is 66.0 Å². The standard InChI is InChI=1S/C4H6N2O6/c1-2(3(7)5(9)10)4(8)6(11)12/h3-4,7-8H,1H2. The van der Waals surface area contributed by atoms with E-state index >= 15 is 0 Å².